The van der Waals surface area contributed by atoms with Crippen LogP contribution in [-0.4, -0.2) is 11.4 Å². The first kappa shape index (κ1) is 16.5. The lowest BCUT2D eigenvalue weighted by molar-refractivity contribution is 0.403. The number of anilines is 2. The Morgan fingerprint density at radius 3 is 2.56 bits per heavy atom. The summed E-state index contributed by atoms with van der Waals surface area (Å²) in [5, 5.41) is 8.23. The second kappa shape index (κ2) is 6.72. The van der Waals surface area contributed by atoms with Crippen LogP contribution >= 0.6 is 11.6 Å². The highest BCUT2D eigenvalue weighted by Crippen LogP contribution is 2.39. The molecule has 130 valence electrons. The van der Waals surface area contributed by atoms with Gasteiger partial charge in [0.25, 0.3) is 0 Å². The molecule has 0 saturated heterocycles. The summed E-state index contributed by atoms with van der Waals surface area (Å²) in [4.78, 5) is 4.99. The number of aliphatic imine (C=N–C) groups is 1. The topological polar surface area (TPSA) is 36.4 Å². The Balaban J connectivity index is 1.68. The van der Waals surface area contributed by atoms with E-state index >= 15 is 0 Å². The van der Waals surface area contributed by atoms with Crippen molar-refractivity contribution in [2.75, 3.05) is 10.6 Å². The van der Waals surface area contributed by atoms with Gasteiger partial charge < -0.3 is 10.6 Å². The third-order valence-corrected chi connectivity index (χ3v) is 5.93. The van der Waals surface area contributed by atoms with Gasteiger partial charge >= 0.3 is 0 Å². The Morgan fingerprint density at radius 2 is 1.76 bits per heavy atom. The van der Waals surface area contributed by atoms with E-state index in [1.165, 1.54) is 24.9 Å². The molecule has 2 aromatic carbocycles. The summed E-state index contributed by atoms with van der Waals surface area (Å²) >= 11 is 6.46. The van der Waals surface area contributed by atoms with Crippen LogP contribution in [0.3, 0.4) is 0 Å². The first-order valence-electron chi connectivity index (χ1n) is 9.11. The Labute approximate surface area is 154 Å². The van der Waals surface area contributed by atoms with Crippen LogP contribution in [-0.2, 0) is 6.54 Å². The first-order chi connectivity index (χ1) is 12.2. The van der Waals surface area contributed by atoms with Crippen molar-refractivity contribution in [2.24, 2.45) is 4.99 Å². The van der Waals surface area contributed by atoms with Gasteiger partial charge in [-0.15, -0.1) is 0 Å². The van der Waals surface area contributed by atoms with E-state index in [2.05, 4.69) is 47.0 Å². The molecule has 1 spiro atoms. The zero-order chi connectivity index (χ0) is 17.3. The molecular formula is C21H24ClN3. The standard InChI is InChI=1S/C21H24ClN3/c1-15-8-7-9-16(19(15)22)14-23-20-21(12-5-2-6-13-21)25-18-11-4-3-10-17(18)24-20/h3-4,7-11,25H,2,5-6,12-14H2,1H3,(H,23,24). The van der Waals surface area contributed by atoms with E-state index in [-0.39, 0.29) is 5.54 Å². The van der Waals surface area contributed by atoms with Crippen LogP contribution < -0.4 is 10.6 Å². The smallest absolute Gasteiger partial charge is 0.127 e. The van der Waals surface area contributed by atoms with Crippen molar-refractivity contribution < 1.29 is 0 Å². The van der Waals surface area contributed by atoms with Gasteiger partial charge in [0.05, 0.1) is 23.5 Å². The van der Waals surface area contributed by atoms with E-state index in [9.17, 15) is 0 Å². The van der Waals surface area contributed by atoms with Gasteiger partial charge in [-0.25, -0.2) is 0 Å². The van der Waals surface area contributed by atoms with E-state index in [1.807, 2.05) is 13.0 Å². The quantitative estimate of drug-likeness (QED) is 0.717. The molecule has 0 radical (unpaired) electrons. The van der Waals surface area contributed by atoms with Gasteiger partial charge in [0.2, 0.25) is 0 Å². The largest absolute Gasteiger partial charge is 0.371 e. The van der Waals surface area contributed by atoms with Gasteiger partial charge in [-0.1, -0.05) is 61.2 Å². The van der Waals surface area contributed by atoms with E-state index in [1.54, 1.807) is 0 Å². The Hall–Kier alpha value is -2.00. The van der Waals surface area contributed by atoms with Crippen molar-refractivity contribution in [1.82, 2.24) is 0 Å². The molecule has 0 aromatic heterocycles. The molecule has 0 amide bonds. The Morgan fingerprint density at radius 1 is 1.00 bits per heavy atom. The number of halogens is 1. The molecule has 4 rings (SSSR count). The number of fused-ring (bicyclic) bond motifs is 1. The van der Waals surface area contributed by atoms with E-state index < -0.39 is 0 Å². The van der Waals surface area contributed by atoms with E-state index in [4.69, 9.17) is 16.6 Å². The molecule has 2 aromatic rings. The average Bonchev–Trinajstić information content (AvgIpc) is 2.64. The third kappa shape index (κ3) is 3.13. The molecule has 4 heteroatoms. The minimum atomic E-state index is -0.0666. The number of amidine groups is 1. The van der Waals surface area contributed by atoms with Gasteiger partial charge in [0, 0.05) is 5.02 Å². The fourth-order valence-electron chi connectivity index (χ4n) is 3.97. The van der Waals surface area contributed by atoms with Gasteiger partial charge in [-0.3, -0.25) is 4.99 Å². The van der Waals surface area contributed by atoms with Crippen LogP contribution in [0, 0.1) is 6.92 Å². The molecule has 0 unspecified atom stereocenters. The molecule has 3 nitrogen and oxygen atoms in total. The van der Waals surface area contributed by atoms with Crippen molar-refractivity contribution in [1.29, 1.82) is 0 Å². The lowest BCUT2D eigenvalue weighted by Gasteiger charge is -2.44. The molecule has 0 atom stereocenters. The van der Waals surface area contributed by atoms with Crippen molar-refractivity contribution in [3.8, 4) is 0 Å². The molecule has 25 heavy (non-hydrogen) atoms. The summed E-state index contributed by atoms with van der Waals surface area (Å²) < 4.78 is 0. The minimum absolute atomic E-state index is 0.0666. The summed E-state index contributed by atoms with van der Waals surface area (Å²) in [7, 11) is 0. The zero-order valence-corrected chi connectivity index (χ0v) is 15.4. The number of rotatable bonds is 2. The molecule has 1 aliphatic heterocycles. The summed E-state index contributed by atoms with van der Waals surface area (Å²) in [5.74, 6) is 1.06. The highest BCUT2D eigenvalue weighted by molar-refractivity contribution is 6.32. The highest BCUT2D eigenvalue weighted by atomic mass is 35.5. The maximum absolute atomic E-state index is 6.46. The lowest BCUT2D eigenvalue weighted by atomic mass is 9.79. The first-order valence-corrected chi connectivity index (χ1v) is 9.49. The molecule has 1 saturated carbocycles. The number of hydrogen-bond acceptors (Lipinski definition) is 2. The minimum Gasteiger partial charge on any atom is -0.371 e. The number of hydrogen-bond donors (Lipinski definition) is 2. The Kier molecular flexibility index (Phi) is 4.43. The molecule has 2 aliphatic rings. The molecule has 1 fully saturated rings. The monoisotopic (exact) mass is 353 g/mol. The summed E-state index contributed by atoms with van der Waals surface area (Å²) in [6.45, 7) is 2.65. The lowest BCUT2D eigenvalue weighted by Crippen LogP contribution is -2.53. The highest BCUT2D eigenvalue weighted by Gasteiger charge is 2.40. The van der Waals surface area contributed by atoms with Gasteiger partial charge in [0.1, 0.15) is 5.84 Å². The van der Waals surface area contributed by atoms with Gasteiger partial charge in [-0.2, -0.15) is 0 Å². The number of nitrogens with zero attached hydrogens (tertiary/aromatic N) is 1. The van der Waals surface area contributed by atoms with Crippen LogP contribution in [0.2, 0.25) is 5.02 Å². The molecule has 2 N–H and O–H groups in total. The summed E-state index contributed by atoms with van der Waals surface area (Å²) in [6, 6.07) is 14.5. The predicted molar refractivity (Wildman–Crippen MR) is 107 cm³/mol. The predicted octanol–water partition coefficient (Wildman–Crippen LogP) is 5.79. The Bertz CT molecular complexity index is 807. The molecular weight excluding hydrogens is 330 g/mol. The number of benzene rings is 2. The zero-order valence-electron chi connectivity index (χ0n) is 14.6. The van der Waals surface area contributed by atoms with Crippen LogP contribution in [0.4, 0.5) is 11.4 Å². The summed E-state index contributed by atoms with van der Waals surface area (Å²) in [5.41, 5.74) is 4.40. The second-order valence-corrected chi connectivity index (χ2v) is 7.53. The molecule has 0 bridgehead atoms. The van der Waals surface area contributed by atoms with Crippen LogP contribution in [0.15, 0.2) is 47.5 Å². The van der Waals surface area contributed by atoms with Crippen molar-refractivity contribution >= 4 is 28.8 Å². The van der Waals surface area contributed by atoms with Gasteiger partial charge in [-0.05, 0) is 43.0 Å². The normalized spacial score (nSPS) is 20.0. The maximum Gasteiger partial charge on any atom is 0.127 e. The fraction of sp³-hybridized carbons (Fsp3) is 0.381. The number of aryl methyl sites for hydroxylation is 1. The van der Waals surface area contributed by atoms with Crippen molar-refractivity contribution in [2.45, 2.75) is 51.1 Å². The van der Waals surface area contributed by atoms with Crippen LogP contribution in [0.1, 0.15) is 43.2 Å². The van der Waals surface area contributed by atoms with Crippen LogP contribution in [0.25, 0.3) is 0 Å². The van der Waals surface area contributed by atoms with E-state index in [0.717, 1.165) is 40.5 Å². The van der Waals surface area contributed by atoms with Gasteiger partial charge in [0.15, 0.2) is 0 Å². The molecule has 1 heterocycles. The number of para-hydroxylation sites is 2. The fourth-order valence-corrected chi connectivity index (χ4v) is 4.15. The van der Waals surface area contributed by atoms with E-state index in [0.29, 0.717) is 6.54 Å². The average molecular weight is 354 g/mol. The third-order valence-electron chi connectivity index (χ3n) is 5.39. The van der Waals surface area contributed by atoms with Crippen LogP contribution in [0.5, 0.6) is 0 Å². The summed E-state index contributed by atoms with van der Waals surface area (Å²) in [6.07, 6.45) is 6.02. The maximum atomic E-state index is 6.46. The SMILES string of the molecule is Cc1cccc(CN=C2Nc3ccccc3NC23CCCCC3)c1Cl. The van der Waals surface area contributed by atoms with Crippen molar-refractivity contribution in [3.05, 3.63) is 58.6 Å². The van der Waals surface area contributed by atoms with Crippen molar-refractivity contribution in [3.63, 3.8) is 0 Å². The second-order valence-electron chi connectivity index (χ2n) is 7.15. The molecule has 1 aliphatic carbocycles. The number of nitrogens with one attached hydrogen (secondary N) is 2.